The highest BCUT2D eigenvalue weighted by Gasteiger charge is 2.15. The number of H-pyrrole nitrogens is 1. The van der Waals surface area contributed by atoms with Gasteiger partial charge in [-0.05, 0) is 43.5 Å². The Balaban J connectivity index is 1.68. The lowest BCUT2D eigenvalue weighted by Crippen LogP contribution is -2.24. The molecule has 7 heteroatoms. The molecule has 0 aliphatic rings. The van der Waals surface area contributed by atoms with E-state index < -0.39 is 0 Å². The van der Waals surface area contributed by atoms with Crippen LogP contribution in [0.2, 0.25) is 0 Å². The van der Waals surface area contributed by atoms with Crippen LogP contribution < -0.4 is 15.6 Å². The number of fused-ring (bicyclic) bond motifs is 1. The molecular formula is C20H24N4O3. The van der Waals surface area contributed by atoms with E-state index in [2.05, 4.69) is 15.4 Å². The Bertz CT molecular complexity index is 1050. The first-order valence-corrected chi connectivity index (χ1v) is 8.85. The zero-order chi connectivity index (χ0) is 19.6. The Hall–Kier alpha value is -3.09. The second kappa shape index (κ2) is 7.65. The van der Waals surface area contributed by atoms with Crippen LogP contribution in [0.3, 0.4) is 0 Å². The number of hydrogen-bond donors (Lipinski definition) is 2. The Morgan fingerprint density at radius 2 is 2.11 bits per heavy atom. The maximum Gasteiger partial charge on any atom is 0.253 e. The summed E-state index contributed by atoms with van der Waals surface area (Å²) in [6, 6.07) is 7.55. The average Bonchev–Trinajstić information content (AvgIpc) is 2.93. The number of aromatic amines is 1. The van der Waals surface area contributed by atoms with Gasteiger partial charge in [-0.2, -0.15) is 5.10 Å². The van der Waals surface area contributed by atoms with E-state index in [1.807, 2.05) is 38.1 Å². The van der Waals surface area contributed by atoms with Crippen molar-refractivity contribution in [2.24, 2.45) is 7.05 Å². The molecule has 0 unspecified atom stereocenters. The molecule has 0 saturated carbocycles. The van der Waals surface area contributed by atoms with E-state index in [0.29, 0.717) is 24.2 Å². The molecule has 3 rings (SSSR count). The topological polar surface area (TPSA) is 89.0 Å². The summed E-state index contributed by atoms with van der Waals surface area (Å²) in [6.45, 7) is 4.25. The van der Waals surface area contributed by atoms with Gasteiger partial charge in [0.15, 0.2) is 0 Å². The van der Waals surface area contributed by atoms with Gasteiger partial charge in [0.25, 0.3) is 5.56 Å². The Kier molecular flexibility index (Phi) is 5.30. The Morgan fingerprint density at radius 3 is 2.85 bits per heavy atom. The van der Waals surface area contributed by atoms with E-state index in [9.17, 15) is 9.59 Å². The monoisotopic (exact) mass is 368 g/mol. The summed E-state index contributed by atoms with van der Waals surface area (Å²) in [4.78, 5) is 27.5. The second-order valence-corrected chi connectivity index (χ2v) is 6.62. The van der Waals surface area contributed by atoms with Crippen LogP contribution in [0.5, 0.6) is 5.75 Å². The van der Waals surface area contributed by atoms with E-state index in [4.69, 9.17) is 4.74 Å². The van der Waals surface area contributed by atoms with Gasteiger partial charge in [-0.1, -0.05) is 12.1 Å². The van der Waals surface area contributed by atoms with Gasteiger partial charge in [-0.15, -0.1) is 0 Å². The molecule has 0 saturated heterocycles. The molecule has 0 aliphatic heterocycles. The molecule has 2 aromatic heterocycles. The van der Waals surface area contributed by atoms with Gasteiger partial charge in [0.2, 0.25) is 5.91 Å². The van der Waals surface area contributed by atoms with Crippen LogP contribution in [0, 0.1) is 13.8 Å². The van der Waals surface area contributed by atoms with Crippen LogP contribution in [-0.4, -0.2) is 27.8 Å². The second-order valence-electron chi connectivity index (χ2n) is 6.62. The highest BCUT2D eigenvalue weighted by Crippen LogP contribution is 2.21. The third-order valence-corrected chi connectivity index (χ3v) is 4.78. The summed E-state index contributed by atoms with van der Waals surface area (Å²) in [5, 5.41) is 8.20. The summed E-state index contributed by atoms with van der Waals surface area (Å²) < 4.78 is 6.85. The third kappa shape index (κ3) is 3.86. The maximum absolute atomic E-state index is 12.4. The van der Waals surface area contributed by atoms with Crippen molar-refractivity contribution in [3.63, 3.8) is 0 Å². The molecule has 0 radical (unpaired) electrons. The van der Waals surface area contributed by atoms with E-state index in [0.717, 1.165) is 28.0 Å². The fraction of sp³-hybridized carbons (Fsp3) is 0.350. The zero-order valence-corrected chi connectivity index (χ0v) is 16.0. The predicted molar refractivity (Wildman–Crippen MR) is 104 cm³/mol. The number of carbonyl (C=O) groups excluding carboxylic acids is 1. The molecule has 1 aromatic carbocycles. The molecule has 2 N–H and O–H groups in total. The van der Waals surface area contributed by atoms with Crippen molar-refractivity contribution in [3.05, 3.63) is 57.0 Å². The minimum absolute atomic E-state index is 0.0976. The summed E-state index contributed by atoms with van der Waals surface area (Å²) in [5.41, 5.74) is 3.90. The van der Waals surface area contributed by atoms with Crippen LogP contribution in [0.15, 0.2) is 29.1 Å². The van der Waals surface area contributed by atoms with Crippen molar-refractivity contribution >= 4 is 16.9 Å². The van der Waals surface area contributed by atoms with Crippen molar-refractivity contribution in [2.75, 3.05) is 7.11 Å². The highest BCUT2D eigenvalue weighted by atomic mass is 16.5. The number of nitrogens with one attached hydrogen (secondary N) is 2. The first-order chi connectivity index (χ1) is 12.9. The number of nitrogens with zero attached hydrogens (tertiary/aromatic N) is 2. The van der Waals surface area contributed by atoms with Crippen LogP contribution in [0.4, 0.5) is 0 Å². The van der Waals surface area contributed by atoms with Gasteiger partial charge < -0.3 is 15.0 Å². The molecular weight excluding hydrogens is 344 g/mol. The maximum atomic E-state index is 12.4. The van der Waals surface area contributed by atoms with Gasteiger partial charge >= 0.3 is 0 Å². The van der Waals surface area contributed by atoms with Crippen LogP contribution >= 0.6 is 0 Å². The molecule has 2 heterocycles. The number of amides is 1. The highest BCUT2D eigenvalue weighted by molar-refractivity contribution is 5.83. The number of aromatic nitrogens is 3. The molecule has 7 nitrogen and oxygen atoms in total. The van der Waals surface area contributed by atoms with Crippen molar-refractivity contribution in [3.8, 4) is 5.75 Å². The summed E-state index contributed by atoms with van der Waals surface area (Å²) in [5.74, 6) is 0.656. The number of aryl methyl sites for hydroxylation is 3. The van der Waals surface area contributed by atoms with Crippen molar-refractivity contribution in [2.45, 2.75) is 33.2 Å². The normalized spacial score (nSPS) is 11.0. The molecule has 3 aromatic rings. The first-order valence-electron chi connectivity index (χ1n) is 8.85. The van der Waals surface area contributed by atoms with E-state index in [-0.39, 0.29) is 17.9 Å². The average molecular weight is 368 g/mol. The van der Waals surface area contributed by atoms with Crippen LogP contribution in [0.25, 0.3) is 11.0 Å². The largest absolute Gasteiger partial charge is 0.497 e. The minimum Gasteiger partial charge on any atom is -0.497 e. The van der Waals surface area contributed by atoms with E-state index >= 15 is 0 Å². The number of rotatable bonds is 6. The van der Waals surface area contributed by atoms with Crippen LogP contribution in [-0.2, 0) is 24.8 Å². The number of hydrogen-bond acceptors (Lipinski definition) is 4. The smallest absolute Gasteiger partial charge is 0.253 e. The summed E-state index contributed by atoms with van der Waals surface area (Å²) in [7, 11) is 3.41. The lowest BCUT2D eigenvalue weighted by Gasteiger charge is -2.09. The molecule has 0 bridgehead atoms. The lowest BCUT2D eigenvalue weighted by atomic mass is 10.0. The van der Waals surface area contributed by atoms with Gasteiger partial charge in [-0.3, -0.25) is 14.3 Å². The Labute approximate surface area is 157 Å². The van der Waals surface area contributed by atoms with Crippen molar-refractivity contribution in [1.82, 2.24) is 20.1 Å². The molecule has 1 amide bonds. The standard InChI is InChI=1S/C20H24N4O3/c1-12-16(20(26)22-19-18(12)13(2)23-24(19)3)8-9-17(25)21-11-14-6-5-7-15(10-14)27-4/h5-7,10H,8-9,11H2,1-4H3,(H,21,25)(H,22,26). The lowest BCUT2D eigenvalue weighted by molar-refractivity contribution is -0.121. The van der Waals surface area contributed by atoms with Gasteiger partial charge in [0.05, 0.1) is 12.8 Å². The first kappa shape index (κ1) is 18.7. The quantitative estimate of drug-likeness (QED) is 0.698. The predicted octanol–water partition coefficient (Wildman–Crippen LogP) is 2.14. The molecule has 27 heavy (non-hydrogen) atoms. The van der Waals surface area contributed by atoms with Crippen LogP contribution in [0.1, 0.15) is 28.8 Å². The molecule has 0 aliphatic carbocycles. The van der Waals surface area contributed by atoms with Gasteiger partial charge in [-0.25, -0.2) is 0 Å². The number of pyridine rings is 1. The number of methoxy groups -OCH3 is 1. The number of benzene rings is 1. The number of ether oxygens (including phenoxy) is 1. The van der Waals surface area contributed by atoms with Gasteiger partial charge in [0.1, 0.15) is 11.4 Å². The minimum atomic E-state index is -0.163. The van der Waals surface area contributed by atoms with Crippen molar-refractivity contribution in [1.29, 1.82) is 0 Å². The zero-order valence-electron chi connectivity index (χ0n) is 16.0. The molecule has 0 atom stereocenters. The summed E-state index contributed by atoms with van der Waals surface area (Å²) in [6.07, 6.45) is 0.633. The fourth-order valence-corrected chi connectivity index (χ4v) is 3.37. The van der Waals surface area contributed by atoms with E-state index in [1.165, 1.54) is 0 Å². The molecule has 142 valence electrons. The summed E-state index contributed by atoms with van der Waals surface area (Å²) >= 11 is 0. The van der Waals surface area contributed by atoms with E-state index in [1.54, 1.807) is 18.8 Å². The molecule has 0 fully saturated rings. The Morgan fingerprint density at radius 1 is 1.33 bits per heavy atom. The fourth-order valence-electron chi connectivity index (χ4n) is 3.37. The third-order valence-electron chi connectivity index (χ3n) is 4.78. The molecule has 0 spiro atoms. The number of carbonyl (C=O) groups is 1. The SMILES string of the molecule is COc1cccc(CNC(=O)CCc2c(C)c3c(C)nn(C)c3[nH]c2=O)c1. The van der Waals surface area contributed by atoms with Gasteiger partial charge in [0, 0.05) is 31.0 Å². The van der Waals surface area contributed by atoms with Crippen molar-refractivity contribution < 1.29 is 9.53 Å².